The number of fused-ring (bicyclic) bond motifs is 1. The summed E-state index contributed by atoms with van der Waals surface area (Å²) in [6.07, 6.45) is 0.792. The van der Waals surface area contributed by atoms with Crippen molar-refractivity contribution in [1.29, 1.82) is 0 Å². The van der Waals surface area contributed by atoms with E-state index in [1.807, 2.05) is 41.8 Å². The van der Waals surface area contributed by atoms with Crippen LogP contribution < -0.4 is 10.3 Å². The van der Waals surface area contributed by atoms with Crippen molar-refractivity contribution in [3.05, 3.63) is 75.6 Å². The van der Waals surface area contributed by atoms with E-state index in [1.54, 1.807) is 6.07 Å². The maximum Gasteiger partial charge on any atom is 0.251 e. The van der Waals surface area contributed by atoms with Gasteiger partial charge in [0.15, 0.2) is 0 Å². The Balaban J connectivity index is 1.76. The third kappa shape index (κ3) is 3.35. The van der Waals surface area contributed by atoms with Gasteiger partial charge in [0.05, 0.1) is 12.1 Å². The molecule has 0 fully saturated rings. The first kappa shape index (κ1) is 16.3. The lowest BCUT2D eigenvalue weighted by molar-refractivity contribution is 0.302. The Morgan fingerprint density at radius 1 is 0.958 bits per heavy atom. The molecule has 0 spiro atoms. The zero-order valence-corrected chi connectivity index (χ0v) is 14.5. The Kier molecular flexibility index (Phi) is 4.70. The number of aryl methyl sites for hydroxylation is 4. The van der Waals surface area contributed by atoms with E-state index in [1.165, 1.54) is 5.56 Å². The molecule has 0 bridgehead atoms. The highest BCUT2D eigenvalue weighted by Gasteiger charge is 2.08. The number of nitrogens with zero attached hydrogens (tertiary/aromatic N) is 1. The summed E-state index contributed by atoms with van der Waals surface area (Å²) in [6.45, 7) is 7.36. The molecule has 3 rings (SSSR count). The summed E-state index contributed by atoms with van der Waals surface area (Å²) in [5, 5.41) is 1.15. The molecule has 0 aliphatic carbocycles. The zero-order chi connectivity index (χ0) is 17.1. The molecule has 0 N–H and O–H groups in total. The van der Waals surface area contributed by atoms with Crippen LogP contribution in [-0.4, -0.2) is 11.2 Å². The van der Waals surface area contributed by atoms with Crippen molar-refractivity contribution in [3.63, 3.8) is 0 Å². The van der Waals surface area contributed by atoms with E-state index in [0.717, 1.165) is 34.2 Å². The van der Waals surface area contributed by atoms with Crippen molar-refractivity contribution in [2.75, 3.05) is 6.61 Å². The number of hydrogen-bond donors (Lipinski definition) is 0. The average Bonchev–Trinajstić information content (AvgIpc) is 2.56. The van der Waals surface area contributed by atoms with Crippen LogP contribution in [-0.2, 0) is 6.54 Å². The van der Waals surface area contributed by atoms with Gasteiger partial charge in [-0.2, -0.15) is 0 Å². The van der Waals surface area contributed by atoms with E-state index in [4.69, 9.17) is 4.74 Å². The van der Waals surface area contributed by atoms with Crippen LogP contribution in [0.15, 0.2) is 53.3 Å². The lowest BCUT2D eigenvalue weighted by Gasteiger charge is -2.14. The second-order valence-corrected chi connectivity index (χ2v) is 6.30. The average molecular weight is 321 g/mol. The van der Waals surface area contributed by atoms with Gasteiger partial charge in [0.1, 0.15) is 5.75 Å². The highest BCUT2D eigenvalue weighted by atomic mass is 16.5. The van der Waals surface area contributed by atoms with Crippen LogP contribution in [0.1, 0.15) is 23.1 Å². The second-order valence-electron chi connectivity index (χ2n) is 6.30. The second kappa shape index (κ2) is 6.91. The molecule has 1 aromatic heterocycles. The van der Waals surface area contributed by atoms with Crippen molar-refractivity contribution in [3.8, 4) is 5.75 Å². The third-order valence-electron chi connectivity index (χ3n) is 4.35. The van der Waals surface area contributed by atoms with Crippen molar-refractivity contribution in [2.45, 2.75) is 33.7 Å². The first-order chi connectivity index (χ1) is 11.6. The van der Waals surface area contributed by atoms with Crippen LogP contribution in [0.3, 0.4) is 0 Å². The van der Waals surface area contributed by atoms with Crippen molar-refractivity contribution in [2.24, 2.45) is 0 Å². The molecule has 3 heteroatoms. The zero-order valence-electron chi connectivity index (χ0n) is 14.5. The summed E-state index contributed by atoms with van der Waals surface area (Å²) in [7, 11) is 0. The Bertz CT molecular complexity index is 908. The topological polar surface area (TPSA) is 31.2 Å². The van der Waals surface area contributed by atoms with Crippen molar-refractivity contribution in [1.82, 2.24) is 4.57 Å². The lowest BCUT2D eigenvalue weighted by Crippen LogP contribution is -2.22. The predicted octanol–water partition coefficient (Wildman–Crippen LogP) is 4.40. The first-order valence-electron chi connectivity index (χ1n) is 8.35. The Hall–Kier alpha value is -2.55. The smallest absolute Gasteiger partial charge is 0.251 e. The highest BCUT2D eigenvalue weighted by Crippen LogP contribution is 2.20. The maximum absolute atomic E-state index is 12.4. The van der Waals surface area contributed by atoms with E-state index in [2.05, 4.69) is 26.0 Å². The standard InChI is InChI=1S/C21H23NO2/c1-15-8-10-18(11-9-15)24-13-5-12-22-20(23)14-17(3)19-7-4-6-16(2)21(19)22/h4,6-11,14H,5,12-13H2,1-3H3. The summed E-state index contributed by atoms with van der Waals surface area (Å²) in [6, 6.07) is 15.9. The minimum atomic E-state index is 0.0598. The normalized spacial score (nSPS) is 11.0. The predicted molar refractivity (Wildman–Crippen MR) is 99.0 cm³/mol. The van der Waals surface area contributed by atoms with Crippen LogP contribution >= 0.6 is 0 Å². The Labute approximate surface area is 142 Å². The van der Waals surface area contributed by atoms with Gasteiger partial charge in [-0.05, 0) is 50.5 Å². The summed E-state index contributed by atoms with van der Waals surface area (Å²) in [5.41, 5.74) is 4.48. The van der Waals surface area contributed by atoms with Gasteiger partial charge in [-0.15, -0.1) is 0 Å². The third-order valence-corrected chi connectivity index (χ3v) is 4.35. The van der Waals surface area contributed by atoms with Crippen molar-refractivity contribution < 1.29 is 4.74 Å². The highest BCUT2D eigenvalue weighted by molar-refractivity contribution is 5.85. The molecule has 0 radical (unpaired) electrons. The minimum Gasteiger partial charge on any atom is -0.494 e. The van der Waals surface area contributed by atoms with Gasteiger partial charge in [-0.3, -0.25) is 4.79 Å². The molecule has 3 nitrogen and oxygen atoms in total. The Morgan fingerprint density at radius 3 is 2.46 bits per heavy atom. The van der Waals surface area contributed by atoms with Crippen molar-refractivity contribution >= 4 is 10.9 Å². The van der Waals surface area contributed by atoms with Crippen LogP contribution in [0.5, 0.6) is 5.75 Å². The summed E-state index contributed by atoms with van der Waals surface area (Å²) in [4.78, 5) is 12.4. The van der Waals surface area contributed by atoms with Gasteiger partial charge >= 0.3 is 0 Å². The molecule has 24 heavy (non-hydrogen) atoms. The Morgan fingerprint density at radius 2 is 1.71 bits per heavy atom. The van der Waals surface area contributed by atoms with Gasteiger partial charge in [-0.25, -0.2) is 0 Å². The molecule has 124 valence electrons. The maximum atomic E-state index is 12.4. The minimum absolute atomic E-state index is 0.0598. The van der Waals surface area contributed by atoms with Crippen LogP contribution in [0.25, 0.3) is 10.9 Å². The fourth-order valence-electron chi connectivity index (χ4n) is 3.06. The molecular weight excluding hydrogens is 298 g/mol. The molecule has 0 saturated heterocycles. The number of para-hydroxylation sites is 1. The quantitative estimate of drug-likeness (QED) is 0.652. The molecule has 0 aliphatic rings. The summed E-state index contributed by atoms with van der Waals surface area (Å²) >= 11 is 0. The summed E-state index contributed by atoms with van der Waals surface area (Å²) in [5.74, 6) is 0.873. The SMILES string of the molecule is Cc1ccc(OCCCn2c(=O)cc(C)c3cccc(C)c32)cc1. The van der Waals surface area contributed by atoms with Crippen LogP contribution in [0.4, 0.5) is 0 Å². The molecule has 0 unspecified atom stereocenters. The molecule has 2 aromatic carbocycles. The molecular formula is C21H23NO2. The number of ether oxygens (including phenoxy) is 1. The van der Waals surface area contributed by atoms with E-state index in [9.17, 15) is 4.79 Å². The van der Waals surface area contributed by atoms with Gasteiger partial charge in [-0.1, -0.05) is 35.9 Å². The lowest BCUT2D eigenvalue weighted by atomic mass is 10.1. The van der Waals surface area contributed by atoms with E-state index in [0.29, 0.717) is 13.2 Å². The fraction of sp³-hybridized carbons (Fsp3) is 0.286. The number of aromatic nitrogens is 1. The molecule has 3 aromatic rings. The fourth-order valence-corrected chi connectivity index (χ4v) is 3.06. The molecule has 0 aliphatic heterocycles. The first-order valence-corrected chi connectivity index (χ1v) is 8.35. The van der Waals surface area contributed by atoms with Gasteiger partial charge in [0, 0.05) is 18.0 Å². The van der Waals surface area contributed by atoms with E-state index in [-0.39, 0.29) is 5.56 Å². The van der Waals surface area contributed by atoms with Gasteiger partial charge in [0.25, 0.3) is 5.56 Å². The van der Waals surface area contributed by atoms with Gasteiger partial charge < -0.3 is 9.30 Å². The number of benzene rings is 2. The van der Waals surface area contributed by atoms with Crippen LogP contribution in [0.2, 0.25) is 0 Å². The number of rotatable bonds is 5. The monoisotopic (exact) mass is 321 g/mol. The van der Waals surface area contributed by atoms with Crippen LogP contribution in [0, 0.1) is 20.8 Å². The number of hydrogen-bond acceptors (Lipinski definition) is 2. The molecule has 1 heterocycles. The van der Waals surface area contributed by atoms with E-state index < -0.39 is 0 Å². The molecule has 0 saturated carbocycles. The number of pyridine rings is 1. The summed E-state index contributed by atoms with van der Waals surface area (Å²) < 4.78 is 7.64. The van der Waals surface area contributed by atoms with Gasteiger partial charge in [0.2, 0.25) is 0 Å². The van der Waals surface area contributed by atoms with E-state index >= 15 is 0 Å². The molecule has 0 amide bonds. The largest absolute Gasteiger partial charge is 0.494 e. The molecule has 0 atom stereocenters.